The number of carboxylic acids is 1. The number of aliphatic carboxylic acids is 1. The minimum Gasteiger partial charge on any atom is -0.480 e. The summed E-state index contributed by atoms with van der Waals surface area (Å²) in [7, 11) is 1.74. The van der Waals surface area contributed by atoms with Crippen LogP contribution >= 0.6 is 15.9 Å². The van der Waals surface area contributed by atoms with Gasteiger partial charge in [0.2, 0.25) is 5.91 Å². The normalized spacial score (nSPS) is 18.2. The zero-order chi connectivity index (χ0) is 16.8. The van der Waals surface area contributed by atoms with Gasteiger partial charge in [-0.3, -0.25) is 14.5 Å². The Bertz CT molecular complexity index is 567. The number of morpholine rings is 1. The maximum absolute atomic E-state index is 12.4. The number of benzene rings is 1. The van der Waals surface area contributed by atoms with Gasteiger partial charge in [-0.2, -0.15) is 0 Å². The second-order valence-electron chi connectivity index (χ2n) is 5.73. The van der Waals surface area contributed by atoms with Gasteiger partial charge in [-0.15, -0.1) is 0 Å². The van der Waals surface area contributed by atoms with Crippen molar-refractivity contribution in [3.05, 3.63) is 34.3 Å². The molecule has 1 N–H and O–H groups in total. The van der Waals surface area contributed by atoms with E-state index in [1.54, 1.807) is 16.8 Å². The van der Waals surface area contributed by atoms with E-state index in [2.05, 4.69) is 15.9 Å². The van der Waals surface area contributed by atoms with E-state index in [0.717, 1.165) is 10.0 Å². The number of likely N-dealkylation sites (N-methyl/N-ethyl adjacent to an activating group) is 1. The minimum atomic E-state index is -0.870. The molecule has 0 bridgehead atoms. The average Bonchev–Trinajstić information content (AvgIpc) is 2.46. The largest absolute Gasteiger partial charge is 0.480 e. The van der Waals surface area contributed by atoms with Crippen LogP contribution in [0.3, 0.4) is 0 Å². The van der Waals surface area contributed by atoms with Gasteiger partial charge < -0.3 is 14.7 Å². The summed E-state index contributed by atoms with van der Waals surface area (Å²) in [6.45, 7) is 2.01. The quantitative estimate of drug-likeness (QED) is 0.798. The predicted octanol–water partition coefficient (Wildman–Crippen LogP) is 1.24. The molecule has 0 spiro atoms. The Morgan fingerprint density at radius 1 is 1.48 bits per heavy atom. The molecule has 1 atom stereocenters. The zero-order valence-corrected chi connectivity index (χ0v) is 14.7. The lowest BCUT2D eigenvalue weighted by Crippen LogP contribution is -2.50. The van der Waals surface area contributed by atoms with Crippen LogP contribution in [0.4, 0.5) is 0 Å². The fourth-order valence-corrected chi connectivity index (χ4v) is 3.08. The van der Waals surface area contributed by atoms with Crippen LogP contribution in [0.25, 0.3) is 0 Å². The lowest BCUT2D eigenvalue weighted by atomic mass is 10.1. The van der Waals surface area contributed by atoms with Gasteiger partial charge in [0.05, 0.1) is 25.7 Å². The van der Waals surface area contributed by atoms with Crippen molar-refractivity contribution in [2.45, 2.75) is 12.5 Å². The van der Waals surface area contributed by atoms with Crippen LogP contribution in [0.5, 0.6) is 0 Å². The maximum Gasteiger partial charge on any atom is 0.317 e. The summed E-state index contributed by atoms with van der Waals surface area (Å²) in [5, 5.41) is 8.79. The van der Waals surface area contributed by atoms with Crippen LogP contribution < -0.4 is 0 Å². The molecule has 1 aromatic rings. The van der Waals surface area contributed by atoms with Gasteiger partial charge in [0, 0.05) is 24.1 Å². The molecule has 6 nitrogen and oxygen atoms in total. The number of carbonyl (C=O) groups excluding carboxylic acids is 1. The van der Waals surface area contributed by atoms with Crippen LogP contribution in [0.1, 0.15) is 5.56 Å². The van der Waals surface area contributed by atoms with E-state index < -0.39 is 5.97 Å². The van der Waals surface area contributed by atoms with Gasteiger partial charge in [0.1, 0.15) is 0 Å². The first kappa shape index (κ1) is 17.9. The third-order valence-corrected chi connectivity index (χ3v) is 4.15. The van der Waals surface area contributed by atoms with E-state index in [0.29, 0.717) is 32.7 Å². The Balaban J connectivity index is 1.87. The number of halogens is 1. The smallest absolute Gasteiger partial charge is 0.317 e. The molecule has 7 heteroatoms. The summed E-state index contributed by atoms with van der Waals surface area (Å²) >= 11 is 3.41. The first-order chi connectivity index (χ1) is 10.9. The van der Waals surface area contributed by atoms with Gasteiger partial charge in [0.15, 0.2) is 0 Å². The molecule has 2 rings (SSSR count). The standard InChI is InChI=1S/C16H21BrN2O4/c1-18(11-16(21)22)9-14-10-19(5-6-23-14)15(20)8-12-3-2-4-13(17)7-12/h2-4,7,14H,5-6,8-11H2,1H3,(H,21,22)/t14-/m0/s1. The Morgan fingerprint density at radius 3 is 2.96 bits per heavy atom. The summed E-state index contributed by atoms with van der Waals surface area (Å²) in [6.07, 6.45) is 0.205. The fraction of sp³-hybridized carbons (Fsp3) is 0.500. The number of amides is 1. The van der Waals surface area contributed by atoms with Gasteiger partial charge in [-0.1, -0.05) is 28.1 Å². The Kier molecular flexibility index (Phi) is 6.56. The molecule has 1 aliphatic rings. The molecule has 23 heavy (non-hydrogen) atoms. The molecule has 0 aliphatic carbocycles. The zero-order valence-electron chi connectivity index (χ0n) is 13.1. The van der Waals surface area contributed by atoms with Crippen LogP contribution in [-0.4, -0.2) is 72.7 Å². The van der Waals surface area contributed by atoms with Crippen LogP contribution in [0.15, 0.2) is 28.7 Å². The SMILES string of the molecule is CN(CC(=O)O)C[C@H]1CN(C(=O)Cc2cccc(Br)c2)CCO1. The van der Waals surface area contributed by atoms with Crippen molar-refractivity contribution in [1.82, 2.24) is 9.80 Å². The summed E-state index contributed by atoms with van der Waals surface area (Å²) < 4.78 is 6.60. The molecule has 0 unspecified atom stereocenters. The number of nitrogens with zero attached hydrogens (tertiary/aromatic N) is 2. The number of carbonyl (C=O) groups is 2. The fourth-order valence-electron chi connectivity index (χ4n) is 2.63. The van der Waals surface area contributed by atoms with E-state index >= 15 is 0 Å². The first-order valence-electron chi connectivity index (χ1n) is 7.48. The van der Waals surface area contributed by atoms with Gasteiger partial charge in [-0.05, 0) is 24.7 Å². The highest BCUT2D eigenvalue weighted by molar-refractivity contribution is 9.10. The van der Waals surface area contributed by atoms with E-state index in [1.165, 1.54) is 0 Å². The Hall–Kier alpha value is -1.44. The van der Waals surface area contributed by atoms with Crippen molar-refractivity contribution in [2.75, 3.05) is 39.8 Å². The molecule has 0 aromatic heterocycles. The van der Waals surface area contributed by atoms with E-state index in [-0.39, 0.29) is 18.6 Å². The van der Waals surface area contributed by atoms with Gasteiger partial charge in [-0.25, -0.2) is 0 Å². The maximum atomic E-state index is 12.4. The highest BCUT2D eigenvalue weighted by Crippen LogP contribution is 2.14. The van der Waals surface area contributed by atoms with Crippen LogP contribution in [0.2, 0.25) is 0 Å². The molecule has 1 aliphatic heterocycles. The number of ether oxygens (including phenoxy) is 1. The summed E-state index contributed by atoms with van der Waals surface area (Å²) in [5.74, 6) is -0.803. The monoisotopic (exact) mass is 384 g/mol. The van der Waals surface area contributed by atoms with Crippen molar-refractivity contribution in [3.63, 3.8) is 0 Å². The molecule has 0 saturated carbocycles. The lowest BCUT2D eigenvalue weighted by molar-refractivity contribution is -0.142. The van der Waals surface area contributed by atoms with E-state index in [1.807, 2.05) is 24.3 Å². The highest BCUT2D eigenvalue weighted by atomic mass is 79.9. The van der Waals surface area contributed by atoms with Crippen molar-refractivity contribution >= 4 is 27.8 Å². The van der Waals surface area contributed by atoms with Crippen molar-refractivity contribution in [3.8, 4) is 0 Å². The molecular formula is C16H21BrN2O4. The van der Waals surface area contributed by atoms with E-state index in [9.17, 15) is 9.59 Å². The number of hydrogen-bond acceptors (Lipinski definition) is 4. The predicted molar refractivity (Wildman–Crippen MR) is 89.3 cm³/mol. The number of carboxylic acid groups (broad SMARTS) is 1. The number of rotatable bonds is 6. The van der Waals surface area contributed by atoms with Crippen molar-refractivity contribution in [2.24, 2.45) is 0 Å². The van der Waals surface area contributed by atoms with E-state index in [4.69, 9.17) is 9.84 Å². The summed E-state index contributed by atoms with van der Waals surface area (Å²) in [6, 6.07) is 7.71. The molecule has 126 valence electrons. The number of hydrogen-bond donors (Lipinski definition) is 1. The third-order valence-electron chi connectivity index (χ3n) is 3.66. The second-order valence-corrected chi connectivity index (χ2v) is 6.65. The minimum absolute atomic E-state index is 0.0359. The third kappa shape index (κ3) is 5.93. The van der Waals surface area contributed by atoms with Crippen molar-refractivity contribution in [1.29, 1.82) is 0 Å². The van der Waals surface area contributed by atoms with Crippen LogP contribution in [-0.2, 0) is 20.7 Å². The molecule has 1 fully saturated rings. The molecule has 1 heterocycles. The molecule has 1 saturated heterocycles. The molecule has 0 radical (unpaired) electrons. The molecule has 1 aromatic carbocycles. The highest BCUT2D eigenvalue weighted by Gasteiger charge is 2.25. The van der Waals surface area contributed by atoms with Gasteiger partial charge >= 0.3 is 5.97 Å². The first-order valence-corrected chi connectivity index (χ1v) is 8.27. The Labute approximate surface area is 144 Å². The second kappa shape index (κ2) is 8.42. The molecule has 1 amide bonds. The van der Waals surface area contributed by atoms with Crippen LogP contribution in [0, 0.1) is 0 Å². The Morgan fingerprint density at radius 2 is 2.26 bits per heavy atom. The molecular weight excluding hydrogens is 364 g/mol. The van der Waals surface area contributed by atoms with Gasteiger partial charge in [0.25, 0.3) is 0 Å². The average molecular weight is 385 g/mol. The lowest BCUT2D eigenvalue weighted by Gasteiger charge is -2.34. The summed E-state index contributed by atoms with van der Waals surface area (Å²) in [5.41, 5.74) is 0.968. The van der Waals surface area contributed by atoms with Crippen molar-refractivity contribution < 1.29 is 19.4 Å². The summed E-state index contributed by atoms with van der Waals surface area (Å²) in [4.78, 5) is 26.6. The topological polar surface area (TPSA) is 70.1 Å².